The highest BCUT2D eigenvalue weighted by Crippen LogP contribution is 2.17. The number of carbonyl (C=O) groups excluding carboxylic acids is 3. The second-order valence-corrected chi connectivity index (χ2v) is 6.42. The highest BCUT2D eigenvalue weighted by atomic mass is 32.2. The molecule has 0 spiro atoms. The van der Waals surface area contributed by atoms with Gasteiger partial charge in [0.15, 0.2) is 0 Å². The number of urea groups is 1. The van der Waals surface area contributed by atoms with E-state index < -0.39 is 11.9 Å². The van der Waals surface area contributed by atoms with Crippen molar-refractivity contribution in [3.05, 3.63) is 60.2 Å². The number of nitrogens with one attached hydrogen (secondary N) is 4. The molecule has 26 heavy (non-hydrogen) atoms. The van der Waals surface area contributed by atoms with Crippen molar-refractivity contribution in [3.63, 3.8) is 0 Å². The zero-order valence-electron chi connectivity index (χ0n) is 14.2. The monoisotopic (exact) mass is 372 g/mol. The number of thioether (sulfide) groups is 1. The molecule has 4 N–H and O–H groups in total. The van der Waals surface area contributed by atoms with Crippen molar-refractivity contribution in [2.24, 2.45) is 0 Å². The first-order chi connectivity index (χ1) is 12.5. The molecular formula is C18H20N4O3S. The molecule has 0 heterocycles. The van der Waals surface area contributed by atoms with Crippen LogP contribution in [0.2, 0.25) is 0 Å². The van der Waals surface area contributed by atoms with Crippen LogP contribution in [0, 0.1) is 6.92 Å². The van der Waals surface area contributed by atoms with E-state index in [1.54, 1.807) is 24.3 Å². The molecule has 0 bridgehead atoms. The van der Waals surface area contributed by atoms with Crippen molar-refractivity contribution < 1.29 is 14.4 Å². The normalized spacial score (nSPS) is 9.88. The smallest absolute Gasteiger partial charge is 0.319 e. The molecule has 0 aromatic heterocycles. The highest BCUT2D eigenvalue weighted by Gasteiger charge is 2.07. The zero-order chi connectivity index (χ0) is 18.8. The van der Waals surface area contributed by atoms with Crippen LogP contribution in [0.5, 0.6) is 0 Å². The summed E-state index contributed by atoms with van der Waals surface area (Å²) in [7, 11) is 0. The largest absolute Gasteiger partial charge is 0.329 e. The van der Waals surface area contributed by atoms with E-state index in [0.717, 1.165) is 10.5 Å². The number of aryl methyl sites for hydroxylation is 1. The van der Waals surface area contributed by atoms with Crippen LogP contribution in [-0.2, 0) is 9.59 Å². The summed E-state index contributed by atoms with van der Waals surface area (Å²) in [5.74, 6) is -0.690. The predicted octanol–water partition coefficient (Wildman–Crippen LogP) is 2.06. The Bertz CT molecular complexity index is 751. The topological polar surface area (TPSA) is 99.3 Å². The lowest BCUT2D eigenvalue weighted by atomic mass is 10.2. The zero-order valence-corrected chi connectivity index (χ0v) is 15.1. The second kappa shape index (κ2) is 10.1. The lowest BCUT2D eigenvalue weighted by molar-refractivity contribution is -0.127. The van der Waals surface area contributed by atoms with Gasteiger partial charge in [0.2, 0.25) is 5.91 Å². The van der Waals surface area contributed by atoms with Gasteiger partial charge in [-0.05, 0) is 31.2 Å². The van der Waals surface area contributed by atoms with Crippen molar-refractivity contribution >= 4 is 35.3 Å². The Balaban J connectivity index is 1.61. The molecule has 0 saturated carbocycles. The molecule has 8 heteroatoms. The lowest BCUT2D eigenvalue weighted by Gasteiger charge is -2.09. The van der Waals surface area contributed by atoms with Gasteiger partial charge in [-0.3, -0.25) is 20.4 Å². The van der Waals surface area contributed by atoms with Crippen LogP contribution in [0.3, 0.4) is 0 Å². The fraction of sp³-hybridized carbons (Fsp3) is 0.167. The number of amides is 4. The molecule has 4 amide bonds. The standard InChI is InChI=1S/C18H20N4O3S/c1-13-7-9-15(10-8-13)26-12-17(24)22-21-16(23)11-19-18(25)20-14-5-3-2-4-6-14/h2-10H,11-12H2,1H3,(H,21,23)(H,22,24)(H2,19,20,25). The number of hydrogen-bond donors (Lipinski definition) is 4. The Morgan fingerprint density at radius 3 is 2.23 bits per heavy atom. The minimum atomic E-state index is -0.526. The molecule has 0 atom stereocenters. The Morgan fingerprint density at radius 2 is 1.54 bits per heavy atom. The first-order valence-electron chi connectivity index (χ1n) is 7.90. The van der Waals surface area contributed by atoms with Gasteiger partial charge in [0.1, 0.15) is 6.54 Å². The van der Waals surface area contributed by atoms with E-state index in [0.29, 0.717) is 5.69 Å². The fourth-order valence-electron chi connectivity index (χ4n) is 1.86. The van der Waals surface area contributed by atoms with Gasteiger partial charge in [-0.25, -0.2) is 4.79 Å². The molecule has 7 nitrogen and oxygen atoms in total. The third-order valence-electron chi connectivity index (χ3n) is 3.17. The maximum absolute atomic E-state index is 11.7. The van der Waals surface area contributed by atoms with Crippen molar-refractivity contribution in [1.29, 1.82) is 0 Å². The van der Waals surface area contributed by atoms with Gasteiger partial charge in [0.05, 0.1) is 5.75 Å². The molecule has 0 aliphatic heterocycles. The number of hydrazine groups is 1. The molecule has 2 aromatic carbocycles. The van der Waals surface area contributed by atoms with Crippen LogP contribution in [-0.4, -0.2) is 30.1 Å². The summed E-state index contributed by atoms with van der Waals surface area (Å²) in [5.41, 5.74) is 6.32. The number of rotatable bonds is 6. The number of benzene rings is 2. The van der Waals surface area contributed by atoms with Crippen molar-refractivity contribution in [1.82, 2.24) is 16.2 Å². The quantitative estimate of drug-likeness (QED) is 0.461. The van der Waals surface area contributed by atoms with E-state index in [1.165, 1.54) is 11.8 Å². The minimum Gasteiger partial charge on any atom is -0.329 e. The molecule has 0 aliphatic carbocycles. The number of anilines is 1. The Morgan fingerprint density at radius 1 is 0.885 bits per heavy atom. The maximum atomic E-state index is 11.7. The van der Waals surface area contributed by atoms with E-state index in [9.17, 15) is 14.4 Å². The van der Waals surface area contributed by atoms with Crippen LogP contribution >= 0.6 is 11.8 Å². The van der Waals surface area contributed by atoms with Gasteiger partial charge in [0.25, 0.3) is 5.91 Å². The van der Waals surface area contributed by atoms with Gasteiger partial charge >= 0.3 is 6.03 Å². The summed E-state index contributed by atoms with van der Waals surface area (Å²) in [5, 5.41) is 4.98. The lowest BCUT2D eigenvalue weighted by Crippen LogP contribution is -2.47. The van der Waals surface area contributed by atoms with Gasteiger partial charge in [-0.2, -0.15) is 0 Å². The van der Waals surface area contributed by atoms with Crippen LogP contribution in [0.4, 0.5) is 10.5 Å². The molecule has 2 rings (SSSR count). The molecule has 0 fully saturated rings. The summed E-state index contributed by atoms with van der Waals surface area (Å²) in [6, 6.07) is 16.1. The van der Waals surface area contributed by atoms with Gasteiger partial charge < -0.3 is 10.6 Å². The number of para-hydroxylation sites is 1. The van der Waals surface area contributed by atoms with Crippen LogP contribution < -0.4 is 21.5 Å². The molecule has 2 aromatic rings. The Labute approximate surface area is 155 Å². The van der Waals surface area contributed by atoms with E-state index in [4.69, 9.17) is 0 Å². The number of hydrogen-bond acceptors (Lipinski definition) is 4. The average molecular weight is 372 g/mol. The van der Waals surface area contributed by atoms with Crippen LogP contribution in [0.15, 0.2) is 59.5 Å². The summed E-state index contributed by atoms with van der Waals surface area (Å²) in [4.78, 5) is 36.0. The molecule has 0 unspecified atom stereocenters. The summed E-state index contributed by atoms with van der Waals surface area (Å²) in [6.45, 7) is 1.73. The average Bonchev–Trinajstić information content (AvgIpc) is 2.65. The maximum Gasteiger partial charge on any atom is 0.319 e. The van der Waals surface area contributed by atoms with Crippen molar-refractivity contribution in [2.45, 2.75) is 11.8 Å². The van der Waals surface area contributed by atoms with E-state index in [2.05, 4.69) is 21.5 Å². The third-order valence-corrected chi connectivity index (χ3v) is 4.19. The predicted molar refractivity (Wildman–Crippen MR) is 102 cm³/mol. The second-order valence-electron chi connectivity index (χ2n) is 5.37. The SMILES string of the molecule is Cc1ccc(SCC(=O)NNC(=O)CNC(=O)Nc2ccccc2)cc1. The van der Waals surface area contributed by atoms with Crippen molar-refractivity contribution in [3.8, 4) is 0 Å². The minimum absolute atomic E-state index is 0.172. The molecule has 0 saturated heterocycles. The van der Waals surface area contributed by atoms with Crippen LogP contribution in [0.25, 0.3) is 0 Å². The summed E-state index contributed by atoms with van der Waals surface area (Å²) < 4.78 is 0. The molecule has 0 aliphatic rings. The van der Waals surface area contributed by atoms with Gasteiger partial charge in [-0.15, -0.1) is 11.8 Å². The summed E-state index contributed by atoms with van der Waals surface area (Å²) >= 11 is 1.37. The van der Waals surface area contributed by atoms with Crippen LogP contribution in [0.1, 0.15) is 5.56 Å². The molecular weight excluding hydrogens is 352 g/mol. The van der Waals surface area contributed by atoms with E-state index in [-0.39, 0.29) is 18.2 Å². The van der Waals surface area contributed by atoms with E-state index in [1.807, 2.05) is 37.3 Å². The van der Waals surface area contributed by atoms with E-state index >= 15 is 0 Å². The first kappa shape index (κ1) is 19.3. The highest BCUT2D eigenvalue weighted by molar-refractivity contribution is 8.00. The third kappa shape index (κ3) is 7.27. The Kier molecular flexibility index (Phi) is 7.50. The van der Waals surface area contributed by atoms with Gasteiger partial charge in [0, 0.05) is 10.6 Å². The van der Waals surface area contributed by atoms with Gasteiger partial charge in [-0.1, -0.05) is 35.9 Å². The molecule has 136 valence electrons. The Hall–Kier alpha value is -3.00. The number of carbonyl (C=O) groups is 3. The molecule has 0 radical (unpaired) electrons. The fourth-order valence-corrected chi connectivity index (χ4v) is 2.56. The first-order valence-corrected chi connectivity index (χ1v) is 8.88. The summed E-state index contributed by atoms with van der Waals surface area (Å²) in [6.07, 6.45) is 0. The van der Waals surface area contributed by atoms with Crippen molar-refractivity contribution in [2.75, 3.05) is 17.6 Å².